The van der Waals surface area contributed by atoms with Crippen molar-refractivity contribution in [3.63, 3.8) is 0 Å². The van der Waals surface area contributed by atoms with Crippen molar-refractivity contribution in [3.8, 4) is 0 Å². The Kier molecular flexibility index (Phi) is 56.3. The van der Waals surface area contributed by atoms with Gasteiger partial charge in [-0.2, -0.15) is 0 Å². The van der Waals surface area contributed by atoms with Gasteiger partial charge in [-0.05, 0) is 83.5 Å². The zero-order chi connectivity index (χ0) is 50.7. The Morgan fingerprint density at radius 2 is 0.557 bits per heavy atom. The number of unbranched alkanes of at least 4 members (excludes halogenated alkanes) is 34. The van der Waals surface area contributed by atoms with Gasteiger partial charge in [0.1, 0.15) is 13.2 Å². The number of allylic oxidation sites excluding steroid dienone is 10. The Bertz CT molecular complexity index is 1260. The minimum absolute atomic E-state index is 0.0881. The van der Waals surface area contributed by atoms with Crippen LogP contribution in [0.3, 0.4) is 0 Å². The van der Waals surface area contributed by atoms with Crippen LogP contribution in [0.25, 0.3) is 0 Å². The van der Waals surface area contributed by atoms with Crippen LogP contribution in [0.2, 0.25) is 0 Å². The predicted octanol–water partition coefficient (Wildman–Crippen LogP) is 20.4. The third kappa shape index (κ3) is 56.0. The second-order valence-corrected chi connectivity index (χ2v) is 20.2. The van der Waals surface area contributed by atoms with Crippen molar-refractivity contribution in [2.45, 2.75) is 316 Å². The van der Waals surface area contributed by atoms with Crippen molar-refractivity contribution in [2.75, 3.05) is 13.2 Å². The van der Waals surface area contributed by atoms with Gasteiger partial charge in [0.2, 0.25) is 0 Å². The smallest absolute Gasteiger partial charge is 0.306 e. The van der Waals surface area contributed by atoms with Crippen molar-refractivity contribution in [2.24, 2.45) is 0 Å². The first-order chi connectivity index (χ1) is 34.5. The molecular weight excluding hydrogens is 865 g/mol. The van der Waals surface area contributed by atoms with E-state index in [0.29, 0.717) is 19.3 Å². The molecule has 70 heavy (non-hydrogen) atoms. The summed E-state index contributed by atoms with van der Waals surface area (Å²) in [6.45, 7) is 6.53. The Balaban J connectivity index is 4.33. The van der Waals surface area contributed by atoms with E-state index in [1.165, 1.54) is 186 Å². The van der Waals surface area contributed by atoms with Crippen LogP contribution in [0.1, 0.15) is 310 Å². The maximum absolute atomic E-state index is 12.8. The summed E-state index contributed by atoms with van der Waals surface area (Å²) >= 11 is 0. The van der Waals surface area contributed by atoms with Crippen LogP contribution in [-0.2, 0) is 28.6 Å². The van der Waals surface area contributed by atoms with Gasteiger partial charge in [0.25, 0.3) is 0 Å². The van der Waals surface area contributed by atoms with Gasteiger partial charge in [-0.1, -0.05) is 268 Å². The molecule has 0 bridgehead atoms. The standard InChI is InChI=1S/C64H114O6/c1-4-7-10-13-16-19-22-25-28-29-30-31-32-33-34-35-37-39-42-45-48-51-54-57-63(66)69-60-61(59-68-62(65)56-53-50-47-44-41-38-27-24-21-18-15-12-9-6-3)70-64(67)58-55-52-49-46-43-40-36-26-23-20-17-14-11-8-5-2/h8,11,17,20,26,29-30,36,43,46,61H,4-7,9-10,12-16,18-19,21-25,27-28,31-35,37-42,44-45,47-60H2,1-3H3/b11-8-,20-17-,30-29-,36-26-,46-43-. The van der Waals surface area contributed by atoms with Crippen LogP contribution in [0.15, 0.2) is 60.8 Å². The van der Waals surface area contributed by atoms with Crippen molar-refractivity contribution < 1.29 is 28.6 Å². The third-order valence-corrected chi connectivity index (χ3v) is 13.3. The summed E-state index contributed by atoms with van der Waals surface area (Å²) in [5, 5.41) is 0. The number of carbonyl (C=O) groups is 3. The molecule has 0 amide bonds. The fraction of sp³-hybridized carbons (Fsp3) is 0.797. The molecule has 0 fully saturated rings. The molecule has 0 aliphatic carbocycles. The van der Waals surface area contributed by atoms with Gasteiger partial charge in [0.15, 0.2) is 6.10 Å². The van der Waals surface area contributed by atoms with Gasteiger partial charge < -0.3 is 14.2 Å². The molecule has 0 aliphatic heterocycles. The number of esters is 3. The Morgan fingerprint density at radius 1 is 0.300 bits per heavy atom. The van der Waals surface area contributed by atoms with Crippen LogP contribution in [0, 0.1) is 0 Å². The lowest BCUT2D eigenvalue weighted by Gasteiger charge is -2.18. The summed E-state index contributed by atoms with van der Waals surface area (Å²) in [6, 6.07) is 0. The molecule has 0 aliphatic rings. The summed E-state index contributed by atoms with van der Waals surface area (Å²) in [6.07, 6.45) is 73.7. The first kappa shape index (κ1) is 67.1. The first-order valence-corrected chi connectivity index (χ1v) is 30.3. The van der Waals surface area contributed by atoms with E-state index in [4.69, 9.17) is 14.2 Å². The summed E-state index contributed by atoms with van der Waals surface area (Å²) in [5.74, 6) is -0.917. The van der Waals surface area contributed by atoms with Gasteiger partial charge in [-0.15, -0.1) is 0 Å². The average molecular weight is 980 g/mol. The van der Waals surface area contributed by atoms with E-state index in [0.717, 1.165) is 77.0 Å². The largest absolute Gasteiger partial charge is 0.462 e. The molecule has 0 saturated carbocycles. The lowest BCUT2D eigenvalue weighted by Crippen LogP contribution is -2.30. The highest BCUT2D eigenvalue weighted by Gasteiger charge is 2.19. The van der Waals surface area contributed by atoms with E-state index < -0.39 is 6.10 Å². The monoisotopic (exact) mass is 979 g/mol. The van der Waals surface area contributed by atoms with Crippen LogP contribution >= 0.6 is 0 Å². The van der Waals surface area contributed by atoms with E-state index >= 15 is 0 Å². The van der Waals surface area contributed by atoms with Crippen molar-refractivity contribution in [3.05, 3.63) is 60.8 Å². The second-order valence-electron chi connectivity index (χ2n) is 20.2. The Hall–Kier alpha value is -2.89. The molecule has 1 unspecified atom stereocenters. The maximum Gasteiger partial charge on any atom is 0.306 e. The second kappa shape index (κ2) is 58.7. The lowest BCUT2D eigenvalue weighted by atomic mass is 10.0. The third-order valence-electron chi connectivity index (χ3n) is 13.3. The Morgan fingerprint density at radius 3 is 0.914 bits per heavy atom. The average Bonchev–Trinajstić information content (AvgIpc) is 3.36. The molecule has 0 rings (SSSR count). The molecule has 406 valence electrons. The fourth-order valence-electron chi connectivity index (χ4n) is 8.72. The number of hydrogen-bond donors (Lipinski definition) is 0. The summed E-state index contributed by atoms with van der Waals surface area (Å²) in [5.41, 5.74) is 0. The quantitative estimate of drug-likeness (QED) is 0.0261. The van der Waals surface area contributed by atoms with E-state index in [9.17, 15) is 14.4 Å². The number of hydrogen-bond acceptors (Lipinski definition) is 6. The summed E-state index contributed by atoms with van der Waals surface area (Å²) in [4.78, 5) is 38.2. The first-order valence-electron chi connectivity index (χ1n) is 30.3. The van der Waals surface area contributed by atoms with Gasteiger partial charge in [-0.3, -0.25) is 14.4 Å². The van der Waals surface area contributed by atoms with Gasteiger partial charge in [-0.25, -0.2) is 0 Å². The molecule has 0 radical (unpaired) electrons. The number of rotatable bonds is 55. The minimum atomic E-state index is -0.794. The van der Waals surface area contributed by atoms with Crippen molar-refractivity contribution in [1.82, 2.24) is 0 Å². The van der Waals surface area contributed by atoms with Gasteiger partial charge in [0.05, 0.1) is 0 Å². The zero-order valence-electron chi connectivity index (χ0n) is 46.5. The maximum atomic E-state index is 12.8. The highest BCUT2D eigenvalue weighted by atomic mass is 16.6. The molecular formula is C64H114O6. The molecule has 6 heteroatoms. The number of ether oxygens (including phenoxy) is 3. The minimum Gasteiger partial charge on any atom is -0.462 e. The van der Waals surface area contributed by atoms with E-state index in [-0.39, 0.29) is 37.5 Å². The van der Waals surface area contributed by atoms with E-state index in [1.54, 1.807) is 0 Å². The highest BCUT2D eigenvalue weighted by molar-refractivity contribution is 5.71. The topological polar surface area (TPSA) is 78.9 Å². The fourth-order valence-corrected chi connectivity index (χ4v) is 8.72. The van der Waals surface area contributed by atoms with Crippen LogP contribution < -0.4 is 0 Å². The van der Waals surface area contributed by atoms with Crippen LogP contribution in [-0.4, -0.2) is 37.2 Å². The van der Waals surface area contributed by atoms with E-state index in [1.807, 2.05) is 0 Å². The molecule has 0 spiro atoms. The number of carbonyl (C=O) groups excluding carboxylic acids is 3. The van der Waals surface area contributed by atoms with Crippen LogP contribution in [0.4, 0.5) is 0 Å². The van der Waals surface area contributed by atoms with E-state index in [2.05, 4.69) is 81.5 Å². The lowest BCUT2D eigenvalue weighted by molar-refractivity contribution is -0.167. The van der Waals surface area contributed by atoms with Gasteiger partial charge >= 0.3 is 17.9 Å². The van der Waals surface area contributed by atoms with Gasteiger partial charge in [0, 0.05) is 19.3 Å². The predicted molar refractivity (Wildman–Crippen MR) is 302 cm³/mol. The molecule has 6 nitrogen and oxygen atoms in total. The molecule has 0 aromatic rings. The van der Waals surface area contributed by atoms with Crippen LogP contribution in [0.5, 0.6) is 0 Å². The molecule has 0 saturated heterocycles. The molecule has 1 atom stereocenters. The summed E-state index contributed by atoms with van der Waals surface area (Å²) in [7, 11) is 0. The molecule has 0 aromatic heterocycles. The molecule has 0 N–H and O–H groups in total. The van der Waals surface area contributed by atoms with Crippen molar-refractivity contribution >= 4 is 17.9 Å². The SMILES string of the molecule is CC/C=C\C/C=C\C/C=C\C/C=C\CCCCC(=O)OC(COC(=O)CCCCCCCCCCCCC/C=C\CCCCCCCCCC)COC(=O)CCCCCCCCCCCCCCCC. The normalized spacial score (nSPS) is 12.4. The zero-order valence-corrected chi connectivity index (χ0v) is 46.5. The molecule has 0 heterocycles. The molecule has 0 aromatic carbocycles. The van der Waals surface area contributed by atoms with Crippen molar-refractivity contribution in [1.29, 1.82) is 0 Å². The highest BCUT2D eigenvalue weighted by Crippen LogP contribution is 2.16. The Labute approximate surface area is 434 Å². The summed E-state index contributed by atoms with van der Waals surface area (Å²) < 4.78 is 16.9.